The number of nitrogens with zero attached hydrogens (tertiary/aromatic N) is 5. The van der Waals surface area contributed by atoms with E-state index >= 15 is 0 Å². The van der Waals surface area contributed by atoms with Crippen molar-refractivity contribution < 1.29 is 32.3 Å². The average Bonchev–Trinajstić information content (AvgIpc) is 3.48. The zero-order chi connectivity index (χ0) is 30.2. The van der Waals surface area contributed by atoms with Crippen LogP contribution in [0.3, 0.4) is 0 Å². The van der Waals surface area contributed by atoms with Crippen LogP contribution in [0, 0.1) is 0 Å². The summed E-state index contributed by atoms with van der Waals surface area (Å²) in [6, 6.07) is 7.39. The quantitative estimate of drug-likeness (QED) is 0.348. The van der Waals surface area contributed by atoms with Crippen molar-refractivity contribution in [1.82, 2.24) is 24.6 Å². The van der Waals surface area contributed by atoms with Gasteiger partial charge in [0.2, 0.25) is 11.8 Å². The lowest BCUT2D eigenvalue weighted by Gasteiger charge is -2.32. The first-order valence-electron chi connectivity index (χ1n) is 13.0. The number of pyridine rings is 1. The van der Waals surface area contributed by atoms with Crippen molar-refractivity contribution >= 4 is 62.1 Å². The second-order valence-corrected chi connectivity index (χ2v) is 11.0. The molecule has 222 valence electrons. The summed E-state index contributed by atoms with van der Waals surface area (Å²) < 4.78 is 43.6. The zero-order valence-electron chi connectivity index (χ0n) is 22.0. The number of benzene rings is 1. The highest BCUT2D eigenvalue weighted by Gasteiger charge is 2.40. The molecule has 5 rings (SSSR count). The largest absolute Gasteiger partial charge is 0.364 e. The first-order valence-corrected chi connectivity index (χ1v) is 13.8. The van der Waals surface area contributed by atoms with E-state index in [4.69, 9.17) is 5.73 Å². The molecule has 2 aliphatic rings. The number of anilines is 2. The zero-order valence-corrected chi connectivity index (χ0v) is 23.6. The fourth-order valence-electron chi connectivity index (χ4n) is 5.12. The molecule has 0 unspecified atom stereocenters. The Morgan fingerprint density at radius 3 is 2.64 bits per heavy atom. The molecular weight excluding hydrogens is 625 g/mol. The Morgan fingerprint density at radius 2 is 1.93 bits per heavy atom. The number of hydrogen-bond donors (Lipinski definition) is 3. The molecule has 3 aromatic rings. The lowest BCUT2D eigenvalue weighted by atomic mass is 10.1. The molecule has 2 fully saturated rings. The van der Waals surface area contributed by atoms with Gasteiger partial charge in [0.1, 0.15) is 29.2 Å². The van der Waals surface area contributed by atoms with Crippen LogP contribution in [0.4, 0.5) is 29.5 Å². The van der Waals surface area contributed by atoms with Crippen LogP contribution in [0.1, 0.15) is 29.8 Å². The molecule has 0 spiro atoms. The number of likely N-dealkylation sites (tertiary alicyclic amines) is 2. The van der Waals surface area contributed by atoms with Gasteiger partial charge in [-0.25, -0.2) is 22.9 Å². The van der Waals surface area contributed by atoms with E-state index in [1.165, 1.54) is 22.9 Å². The van der Waals surface area contributed by atoms with Crippen LogP contribution < -0.4 is 16.4 Å². The van der Waals surface area contributed by atoms with Gasteiger partial charge in [0.05, 0.1) is 18.6 Å². The topological polar surface area (TPSA) is 156 Å². The first-order chi connectivity index (χ1) is 19.9. The lowest BCUT2D eigenvalue weighted by molar-refractivity contribution is -0.137. The molecule has 42 heavy (non-hydrogen) atoms. The Balaban J connectivity index is 1.34. The minimum absolute atomic E-state index is 0.162. The molecule has 2 aromatic heterocycles. The summed E-state index contributed by atoms with van der Waals surface area (Å²) in [5, 5.41) is 9.50. The van der Waals surface area contributed by atoms with Crippen LogP contribution in [-0.2, 0) is 16.1 Å². The number of alkyl halides is 3. The van der Waals surface area contributed by atoms with Crippen LogP contribution in [-0.4, -0.2) is 86.1 Å². The Bertz CT molecular complexity index is 1570. The summed E-state index contributed by atoms with van der Waals surface area (Å²) in [6.07, 6.45) is -1.76. The number of nitrogens with one attached hydrogen (secondary N) is 2. The van der Waals surface area contributed by atoms with Crippen LogP contribution in [0.25, 0.3) is 10.9 Å². The Hall–Kier alpha value is -4.21. The van der Waals surface area contributed by atoms with Gasteiger partial charge in [-0.05, 0) is 52.7 Å². The third-order valence-corrected chi connectivity index (χ3v) is 7.48. The number of amides is 5. The summed E-state index contributed by atoms with van der Waals surface area (Å²) in [6.45, 7) is -1.28. The van der Waals surface area contributed by atoms with Crippen molar-refractivity contribution in [3.05, 3.63) is 46.7 Å². The molecule has 4 heterocycles. The van der Waals surface area contributed by atoms with E-state index in [0.717, 1.165) is 9.80 Å². The molecule has 1 aromatic carbocycles. The predicted molar refractivity (Wildman–Crippen MR) is 149 cm³/mol. The summed E-state index contributed by atoms with van der Waals surface area (Å²) in [4.78, 5) is 57.2. The summed E-state index contributed by atoms with van der Waals surface area (Å²) in [7, 11) is 0. The Labute approximate surface area is 245 Å². The normalized spacial score (nSPS) is 20.0. The number of nitrogens with two attached hydrogens (primary N) is 1. The van der Waals surface area contributed by atoms with E-state index in [-0.39, 0.29) is 54.9 Å². The number of rotatable bonds is 6. The van der Waals surface area contributed by atoms with Gasteiger partial charge in [0.25, 0.3) is 11.8 Å². The van der Waals surface area contributed by atoms with Gasteiger partial charge in [-0.3, -0.25) is 19.1 Å². The van der Waals surface area contributed by atoms with E-state index in [1.807, 2.05) is 0 Å². The molecule has 0 radical (unpaired) electrons. The summed E-state index contributed by atoms with van der Waals surface area (Å²) in [5.74, 6) is -4.89. The van der Waals surface area contributed by atoms with Crippen LogP contribution >= 0.6 is 15.9 Å². The molecule has 0 saturated carbocycles. The maximum absolute atomic E-state index is 14.4. The molecule has 16 heteroatoms. The second kappa shape index (κ2) is 11.6. The first kappa shape index (κ1) is 29.3. The number of halogens is 4. The van der Waals surface area contributed by atoms with Crippen LogP contribution in [0.15, 0.2) is 41.0 Å². The van der Waals surface area contributed by atoms with E-state index in [0.29, 0.717) is 10.1 Å². The number of urea groups is 1. The lowest BCUT2D eigenvalue weighted by Crippen LogP contribution is -2.47. The number of piperidine rings is 1. The van der Waals surface area contributed by atoms with Crippen molar-refractivity contribution in [2.75, 3.05) is 30.3 Å². The SMILES string of the molecule is NC(=O)c1nn(CC(=O)N2C[C@H](F)C[C@H]2C(=O)Nc2cccc(Br)n2)c2ccc(NC(=O)N3CCCC(F)(F)C3)cc12. The van der Waals surface area contributed by atoms with Crippen molar-refractivity contribution in [1.29, 1.82) is 0 Å². The van der Waals surface area contributed by atoms with Crippen LogP contribution in [0.2, 0.25) is 0 Å². The monoisotopic (exact) mass is 650 g/mol. The number of hydrogen-bond acceptors (Lipinski definition) is 6. The smallest absolute Gasteiger partial charge is 0.322 e. The van der Waals surface area contributed by atoms with Crippen LogP contribution in [0.5, 0.6) is 0 Å². The standard InChI is InChI=1S/C26H26BrF3N8O4/c27-19-3-1-4-20(33-19)34-24(41)18-9-14(28)11-37(18)21(39)12-38-17-6-5-15(10-16(17)22(35-38)23(31)40)32-25(42)36-8-2-7-26(29,30)13-36/h1,3-6,10,14,18H,2,7-9,11-13H2,(H2,31,40)(H,32,42)(H,33,34,41)/t14-,18+/m1/s1. The van der Waals surface area contributed by atoms with Gasteiger partial charge >= 0.3 is 6.03 Å². The minimum atomic E-state index is -2.97. The molecule has 2 aliphatic heterocycles. The fraction of sp³-hybridized carbons (Fsp3) is 0.385. The highest BCUT2D eigenvalue weighted by Crippen LogP contribution is 2.28. The number of aromatic nitrogens is 3. The molecular formula is C26H26BrF3N8O4. The third kappa shape index (κ3) is 6.32. The average molecular weight is 651 g/mol. The van der Waals surface area contributed by atoms with Gasteiger partial charge in [-0.15, -0.1) is 0 Å². The number of fused-ring (bicyclic) bond motifs is 1. The molecule has 0 aliphatic carbocycles. The maximum Gasteiger partial charge on any atom is 0.322 e. The van der Waals surface area contributed by atoms with Crippen molar-refractivity contribution in [2.24, 2.45) is 5.73 Å². The Morgan fingerprint density at radius 1 is 1.14 bits per heavy atom. The van der Waals surface area contributed by atoms with Crippen molar-refractivity contribution in [3.63, 3.8) is 0 Å². The maximum atomic E-state index is 14.4. The van der Waals surface area contributed by atoms with Crippen molar-refractivity contribution in [2.45, 2.75) is 43.9 Å². The van der Waals surface area contributed by atoms with Gasteiger partial charge in [0, 0.05) is 30.5 Å². The highest BCUT2D eigenvalue weighted by molar-refractivity contribution is 9.10. The number of carbonyl (C=O) groups is 4. The second-order valence-electron chi connectivity index (χ2n) is 10.1. The van der Waals surface area contributed by atoms with Gasteiger partial charge < -0.3 is 26.2 Å². The number of carbonyl (C=O) groups excluding carboxylic acids is 4. The highest BCUT2D eigenvalue weighted by atomic mass is 79.9. The summed E-state index contributed by atoms with van der Waals surface area (Å²) >= 11 is 3.21. The van der Waals surface area contributed by atoms with Crippen molar-refractivity contribution in [3.8, 4) is 0 Å². The van der Waals surface area contributed by atoms with E-state index in [9.17, 15) is 32.3 Å². The fourth-order valence-corrected chi connectivity index (χ4v) is 5.46. The van der Waals surface area contributed by atoms with E-state index < -0.39 is 55.0 Å². The van der Waals surface area contributed by atoms with Gasteiger partial charge in [0.15, 0.2) is 5.69 Å². The molecule has 2 atom stereocenters. The molecule has 0 bridgehead atoms. The molecule has 12 nitrogen and oxygen atoms in total. The molecule has 2 saturated heterocycles. The minimum Gasteiger partial charge on any atom is -0.364 e. The van der Waals surface area contributed by atoms with Gasteiger partial charge in [-0.1, -0.05) is 6.07 Å². The molecule has 5 amide bonds. The third-order valence-electron chi connectivity index (χ3n) is 7.04. The van der Waals surface area contributed by atoms with E-state index in [2.05, 4.69) is 36.6 Å². The van der Waals surface area contributed by atoms with Gasteiger partial charge in [-0.2, -0.15) is 5.10 Å². The molecule has 4 N–H and O–H groups in total. The Kier molecular flexibility index (Phi) is 8.08. The predicted octanol–water partition coefficient (Wildman–Crippen LogP) is 3.13. The summed E-state index contributed by atoms with van der Waals surface area (Å²) in [5.41, 5.74) is 5.81. The number of primary amides is 1. The van der Waals surface area contributed by atoms with E-state index in [1.54, 1.807) is 18.2 Å².